The highest BCUT2D eigenvalue weighted by Crippen LogP contribution is 2.65. The van der Waals surface area contributed by atoms with Gasteiger partial charge in [-0.05, 0) is 93.0 Å². The van der Waals surface area contributed by atoms with Gasteiger partial charge in [-0.25, -0.2) is 4.79 Å². The van der Waals surface area contributed by atoms with Crippen LogP contribution in [-0.4, -0.2) is 24.6 Å². The number of ketones is 1. The van der Waals surface area contributed by atoms with Gasteiger partial charge in [0, 0.05) is 11.8 Å². The number of hydrogen-bond donors (Lipinski definition) is 0. The van der Waals surface area contributed by atoms with Gasteiger partial charge in [0.1, 0.15) is 6.10 Å². The average Bonchev–Trinajstić information content (AvgIpc) is 3.10. The molecule has 4 saturated carbocycles. The van der Waals surface area contributed by atoms with E-state index in [9.17, 15) is 9.59 Å². The summed E-state index contributed by atoms with van der Waals surface area (Å²) in [6, 6.07) is 0. The fourth-order valence-corrected chi connectivity index (χ4v) is 8.39. The third-order valence-electron chi connectivity index (χ3n) is 10.3. The quantitative estimate of drug-likeness (QED) is 0.474. The first kappa shape index (κ1) is 21.5. The lowest BCUT2D eigenvalue weighted by Crippen LogP contribution is -2.51. The van der Waals surface area contributed by atoms with E-state index in [0.29, 0.717) is 42.5 Å². The van der Waals surface area contributed by atoms with Crippen LogP contribution in [0.4, 0.5) is 4.79 Å². The predicted octanol–water partition coefficient (Wildman–Crippen LogP) is 6.62. The van der Waals surface area contributed by atoms with Crippen molar-refractivity contribution in [3.05, 3.63) is 11.6 Å². The number of rotatable bonds is 3. The van der Waals surface area contributed by atoms with Gasteiger partial charge in [0.05, 0.1) is 6.61 Å². The van der Waals surface area contributed by atoms with E-state index >= 15 is 0 Å². The molecule has 0 amide bonds. The maximum absolute atomic E-state index is 12.5. The number of allylic oxidation sites excluding steroid dienone is 1. The van der Waals surface area contributed by atoms with E-state index in [1.165, 1.54) is 50.5 Å². The molecular weight excluding hydrogens is 388 g/mol. The zero-order chi connectivity index (χ0) is 21.6. The van der Waals surface area contributed by atoms with E-state index in [0.717, 1.165) is 32.1 Å². The molecule has 4 heteroatoms. The van der Waals surface area contributed by atoms with Gasteiger partial charge in [-0.1, -0.05) is 38.7 Å². The molecule has 0 radical (unpaired) electrons. The van der Waals surface area contributed by atoms with E-state index in [-0.39, 0.29) is 16.9 Å². The van der Waals surface area contributed by atoms with Gasteiger partial charge < -0.3 is 9.47 Å². The standard InChI is InChI=1S/C27H40O4/c1-26-14-12-20(28)16-19(26)8-9-21-22-10-11-24(27(22,2)15-13-23(21)26)31-25(29)30-17-18-6-4-3-5-7-18/h16,18,21-24H,3-15,17H2,1-2H3. The topological polar surface area (TPSA) is 52.6 Å². The number of hydrogen-bond acceptors (Lipinski definition) is 4. The maximum atomic E-state index is 12.5. The highest BCUT2D eigenvalue weighted by atomic mass is 16.7. The average molecular weight is 429 g/mol. The van der Waals surface area contributed by atoms with Gasteiger partial charge in [0.2, 0.25) is 0 Å². The summed E-state index contributed by atoms with van der Waals surface area (Å²) in [5.41, 5.74) is 1.70. The Balaban J connectivity index is 1.23. The molecule has 0 aromatic carbocycles. The zero-order valence-electron chi connectivity index (χ0n) is 19.5. The first-order chi connectivity index (χ1) is 14.9. The Morgan fingerprint density at radius 2 is 1.77 bits per heavy atom. The van der Waals surface area contributed by atoms with Gasteiger partial charge in [0.15, 0.2) is 5.78 Å². The second kappa shape index (κ2) is 8.23. The summed E-state index contributed by atoms with van der Waals surface area (Å²) >= 11 is 0. The Morgan fingerprint density at radius 1 is 0.968 bits per heavy atom. The van der Waals surface area contributed by atoms with Crippen LogP contribution in [0, 0.1) is 34.5 Å². The fraction of sp³-hybridized carbons (Fsp3) is 0.852. The summed E-state index contributed by atoms with van der Waals surface area (Å²) in [4.78, 5) is 24.5. The summed E-state index contributed by atoms with van der Waals surface area (Å²) < 4.78 is 11.6. The molecule has 5 aliphatic rings. The van der Waals surface area contributed by atoms with Gasteiger partial charge in [-0.2, -0.15) is 0 Å². The largest absolute Gasteiger partial charge is 0.508 e. The van der Waals surface area contributed by atoms with E-state index in [1.807, 2.05) is 6.08 Å². The van der Waals surface area contributed by atoms with Crippen molar-refractivity contribution in [3.8, 4) is 0 Å². The normalized spacial score (nSPS) is 42.8. The molecule has 5 rings (SSSR count). The first-order valence-electron chi connectivity index (χ1n) is 13.0. The van der Waals surface area contributed by atoms with Gasteiger partial charge in [0.25, 0.3) is 0 Å². The molecule has 4 nitrogen and oxygen atoms in total. The molecule has 0 bridgehead atoms. The van der Waals surface area contributed by atoms with Crippen LogP contribution in [0.15, 0.2) is 11.6 Å². The fourth-order valence-electron chi connectivity index (χ4n) is 8.39. The van der Waals surface area contributed by atoms with Crippen LogP contribution in [0.1, 0.15) is 97.3 Å². The van der Waals surface area contributed by atoms with Crippen LogP contribution in [-0.2, 0) is 14.3 Å². The minimum atomic E-state index is -0.439. The molecule has 0 aromatic rings. The Morgan fingerprint density at radius 3 is 2.58 bits per heavy atom. The van der Waals surface area contributed by atoms with Crippen LogP contribution in [0.2, 0.25) is 0 Å². The lowest BCUT2D eigenvalue weighted by Gasteiger charge is -2.57. The molecule has 172 valence electrons. The highest BCUT2D eigenvalue weighted by Gasteiger charge is 2.60. The zero-order valence-corrected chi connectivity index (χ0v) is 19.5. The third-order valence-corrected chi connectivity index (χ3v) is 10.3. The second-order valence-electron chi connectivity index (χ2n) is 11.8. The number of carbonyl (C=O) groups is 2. The molecule has 0 saturated heterocycles. The number of fused-ring (bicyclic) bond motifs is 5. The minimum Gasteiger partial charge on any atom is -0.434 e. The molecule has 4 fully saturated rings. The first-order valence-corrected chi connectivity index (χ1v) is 13.0. The van der Waals surface area contributed by atoms with Crippen molar-refractivity contribution >= 4 is 11.9 Å². The summed E-state index contributed by atoms with van der Waals surface area (Å²) in [6.07, 6.45) is 16.2. The molecule has 0 aromatic heterocycles. The van der Waals surface area contributed by atoms with E-state index < -0.39 is 6.16 Å². The number of ether oxygens (including phenoxy) is 2. The van der Waals surface area contributed by atoms with Gasteiger partial charge in [-0.15, -0.1) is 0 Å². The smallest absolute Gasteiger partial charge is 0.434 e. The SMILES string of the molecule is CC12CCC(=O)C=C1CCC1C2CCC2(C)C(OC(=O)OCC3CCCCC3)CCC12. The van der Waals surface area contributed by atoms with Crippen LogP contribution >= 0.6 is 0 Å². The summed E-state index contributed by atoms with van der Waals surface area (Å²) in [5, 5.41) is 0. The Bertz CT molecular complexity index is 750. The van der Waals surface area contributed by atoms with Crippen molar-refractivity contribution < 1.29 is 19.1 Å². The third kappa shape index (κ3) is 3.76. The second-order valence-corrected chi connectivity index (χ2v) is 11.8. The van der Waals surface area contributed by atoms with Crippen molar-refractivity contribution in [1.29, 1.82) is 0 Å². The van der Waals surface area contributed by atoms with Crippen LogP contribution in [0.25, 0.3) is 0 Å². The highest BCUT2D eigenvalue weighted by molar-refractivity contribution is 5.91. The molecule has 0 N–H and O–H groups in total. The van der Waals surface area contributed by atoms with E-state index in [4.69, 9.17) is 9.47 Å². The Hall–Kier alpha value is -1.32. The monoisotopic (exact) mass is 428 g/mol. The van der Waals surface area contributed by atoms with Gasteiger partial charge in [-0.3, -0.25) is 4.79 Å². The molecule has 0 aliphatic heterocycles. The van der Waals surface area contributed by atoms with Crippen molar-refractivity contribution in [2.24, 2.45) is 34.5 Å². The van der Waals surface area contributed by atoms with Crippen molar-refractivity contribution in [2.75, 3.05) is 6.61 Å². The predicted molar refractivity (Wildman–Crippen MR) is 120 cm³/mol. The molecule has 5 aliphatic carbocycles. The molecule has 31 heavy (non-hydrogen) atoms. The van der Waals surface area contributed by atoms with Crippen LogP contribution < -0.4 is 0 Å². The minimum absolute atomic E-state index is 0.00464. The van der Waals surface area contributed by atoms with Gasteiger partial charge >= 0.3 is 6.16 Å². The Labute approximate surface area is 187 Å². The lowest BCUT2D eigenvalue weighted by atomic mass is 9.47. The summed E-state index contributed by atoms with van der Waals surface area (Å²) in [6.45, 7) is 5.33. The summed E-state index contributed by atoms with van der Waals surface area (Å²) in [7, 11) is 0. The Kier molecular flexibility index (Phi) is 5.71. The molecular formula is C27H40O4. The summed E-state index contributed by atoms with van der Waals surface area (Å²) in [5.74, 6) is 2.85. The van der Waals surface area contributed by atoms with E-state index in [2.05, 4.69) is 13.8 Å². The number of carbonyl (C=O) groups excluding carboxylic acids is 2. The van der Waals surface area contributed by atoms with Crippen LogP contribution in [0.5, 0.6) is 0 Å². The van der Waals surface area contributed by atoms with Crippen molar-refractivity contribution in [2.45, 2.75) is 103 Å². The van der Waals surface area contributed by atoms with Crippen LogP contribution in [0.3, 0.4) is 0 Å². The molecule has 0 heterocycles. The molecule has 6 atom stereocenters. The maximum Gasteiger partial charge on any atom is 0.508 e. The van der Waals surface area contributed by atoms with Crippen molar-refractivity contribution in [1.82, 2.24) is 0 Å². The van der Waals surface area contributed by atoms with Crippen molar-refractivity contribution in [3.63, 3.8) is 0 Å². The molecule has 6 unspecified atom stereocenters. The molecule has 0 spiro atoms. The lowest BCUT2D eigenvalue weighted by molar-refractivity contribution is -0.118. The van der Waals surface area contributed by atoms with E-state index in [1.54, 1.807) is 0 Å².